The van der Waals surface area contributed by atoms with E-state index in [0.29, 0.717) is 12.4 Å². The number of nitrogens with zero attached hydrogens (tertiary/aromatic N) is 5. The molecule has 0 aliphatic carbocycles. The van der Waals surface area contributed by atoms with Gasteiger partial charge in [0.05, 0.1) is 0 Å². The maximum absolute atomic E-state index is 13.3. The van der Waals surface area contributed by atoms with Crippen molar-refractivity contribution in [3.8, 4) is 22.5 Å². The van der Waals surface area contributed by atoms with E-state index >= 15 is 0 Å². The van der Waals surface area contributed by atoms with E-state index in [-0.39, 0.29) is 12.0 Å². The summed E-state index contributed by atoms with van der Waals surface area (Å²) < 4.78 is 15.2. The van der Waals surface area contributed by atoms with Crippen molar-refractivity contribution in [3.05, 3.63) is 85.1 Å². The van der Waals surface area contributed by atoms with Gasteiger partial charge in [0.1, 0.15) is 17.0 Å². The van der Waals surface area contributed by atoms with Gasteiger partial charge in [-0.15, -0.1) is 11.7 Å². The Kier molecular flexibility index (Phi) is 4.86. The third kappa shape index (κ3) is 3.40. The van der Waals surface area contributed by atoms with E-state index in [1.165, 1.54) is 23.9 Å². The van der Waals surface area contributed by atoms with Gasteiger partial charge >= 0.3 is 0 Å². The van der Waals surface area contributed by atoms with Crippen molar-refractivity contribution in [1.82, 2.24) is 30.0 Å². The molecular weight excluding hydrogens is 399 g/mol. The molecule has 5 rings (SSSR count). The highest BCUT2D eigenvalue weighted by molar-refractivity contribution is 7.99. The van der Waals surface area contributed by atoms with Crippen LogP contribution in [0.15, 0.2) is 83.9 Å². The molecule has 4 aromatic rings. The average molecular weight is 416 g/mol. The summed E-state index contributed by atoms with van der Waals surface area (Å²) >= 11 is 1.48. The van der Waals surface area contributed by atoms with Crippen LogP contribution < -0.4 is 5.32 Å². The number of aromatic nitrogens is 5. The first-order valence-corrected chi connectivity index (χ1v) is 10.2. The number of fused-ring (bicyclic) bond motifs is 2. The number of rotatable bonds is 5. The van der Waals surface area contributed by atoms with Gasteiger partial charge in [0.15, 0.2) is 11.0 Å². The molecule has 30 heavy (non-hydrogen) atoms. The lowest BCUT2D eigenvalue weighted by Gasteiger charge is -2.26. The van der Waals surface area contributed by atoms with E-state index in [9.17, 15) is 4.39 Å². The Labute approximate surface area is 176 Å². The van der Waals surface area contributed by atoms with Crippen molar-refractivity contribution in [2.24, 2.45) is 0 Å². The van der Waals surface area contributed by atoms with Crippen LogP contribution in [-0.2, 0) is 0 Å². The number of nitrogens with one attached hydrogen (secondary N) is 1. The third-order valence-electron chi connectivity index (χ3n) is 4.78. The fourth-order valence-corrected chi connectivity index (χ4v) is 4.27. The number of halogens is 1. The molecule has 0 amide bonds. The van der Waals surface area contributed by atoms with Crippen molar-refractivity contribution in [2.45, 2.75) is 16.3 Å². The molecule has 4 heterocycles. The van der Waals surface area contributed by atoms with Crippen LogP contribution in [0.25, 0.3) is 22.5 Å². The van der Waals surface area contributed by atoms with E-state index in [1.54, 1.807) is 36.8 Å². The van der Waals surface area contributed by atoms with Crippen LogP contribution >= 0.6 is 11.8 Å². The summed E-state index contributed by atoms with van der Waals surface area (Å²) in [6.45, 7) is 4.41. The minimum atomic E-state index is -0.262. The molecule has 0 fully saturated rings. The highest BCUT2D eigenvalue weighted by Gasteiger charge is 2.30. The molecule has 148 valence electrons. The quantitative estimate of drug-likeness (QED) is 0.489. The number of hydrogen-bond donors (Lipinski definition) is 1. The predicted octanol–water partition coefficient (Wildman–Crippen LogP) is 4.33. The van der Waals surface area contributed by atoms with Crippen LogP contribution in [0.5, 0.6) is 0 Å². The molecule has 1 atom stereocenters. The Bertz CT molecular complexity index is 1210. The lowest BCUT2D eigenvalue weighted by atomic mass is 10.0. The molecule has 8 heteroatoms. The summed E-state index contributed by atoms with van der Waals surface area (Å²) in [6.07, 6.45) is 6.81. The van der Waals surface area contributed by atoms with Crippen LogP contribution in [0, 0.1) is 5.82 Å². The van der Waals surface area contributed by atoms with Crippen LogP contribution in [0.2, 0.25) is 0 Å². The van der Waals surface area contributed by atoms with Crippen LogP contribution in [0.3, 0.4) is 0 Å². The molecule has 0 bridgehead atoms. The summed E-state index contributed by atoms with van der Waals surface area (Å²) in [4.78, 5) is 13.4. The minimum Gasteiger partial charge on any atom is -0.288 e. The summed E-state index contributed by atoms with van der Waals surface area (Å²) in [5.74, 6) is 0.374. The zero-order valence-corrected chi connectivity index (χ0v) is 16.7. The van der Waals surface area contributed by atoms with Crippen molar-refractivity contribution >= 4 is 11.8 Å². The van der Waals surface area contributed by atoms with E-state index < -0.39 is 0 Å². The zero-order valence-electron chi connectivity index (χ0n) is 15.9. The van der Waals surface area contributed by atoms with E-state index in [1.807, 2.05) is 16.8 Å². The van der Waals surface area contributed by atoms with E-state index in [2.05, 4.69) is 27.9 Å². The van der Waals surface area contributed by atoms with E-state index in [0.717, 1.165) is 32.4 Å². The third-order valence-corrected chi connectivity index (χ3v) is 5.77. The molecule has 6 nitrogen and oxygen atoms in total. The maximum atomic E-state index is 13.3. The van der Waals surface area contributed by atoms with Crippen LogP contribution in [0.1, 0.15) is 11.7 Å². The van der Waals surface area contributed by atoms with Gasteiger partial charge in [0.25, 0.3) is 0 Å². The van der Waals surface area contributed by atoms with Gasteiger partial charge in [0, 0.05) is 41.8 Å². The SMILES string of the molecule is C=CCN[C@H]1c2cc(-c3ccc(F)cc3)cnc2Sc2nc(-c3ccncc3)nn21. The van der Waals surface area contributed by atoms with Gasteiger partial charge in [-0.25, -0.2) is 19.0 Å². The van der Waals surface area contributed by atoms with Gasteiger partial charge in [0.2, 0.25) is 0 Å². The van der Waals surface area contributed by atoms with Crippen LogP contribution in [-0.4, -0.2) is 31.3 Å². The molecular formula is C22H17FN6S. The van der Waals surface area contributed by atoms with Gasteiger partial charge in [-0.1, -0.05) is 18.2 Å². The van der Waals surface area contributed by atoms with Gasteiger partial charge < -0.3 is 0 Å². The molecule has 0 saturated heterocycles. The molecule has 0 radical (unpaired) electrons. The molecule has 3 aromatic heterocycles. The second-order valence-corrected chi connectivity index (χ2v) is 7.68. The second-order valence-electron chi connectivity index (χ2n) is 6.73. The Balaban J connectivity index is 1.58. The lowest BCUT2D eigenvalue weighted by molar-refractivity contribution is 0.402. The molecule has 0 unspecified atom stereocenters. The molecule has 1 aromatic carbocycles. The Morgan fingerprint density at radius 2 is 1.90 bits per heavy atom. The largest absolute Gasteiger partial charge is 0.288 e. The Hall–Kier alpha value is -3.36. The lowest BCUT2D eigenvalue weighted by Crippen LogP contribution is -2.32. The summed E-state index contributed by atoms with van der Waals surface area (Å²) in [7, 11) is 0. The van der Waals surface area contributed by atoms with Gasteiger partial charge in [-0.3, -0.25) is 10.3 Å². The summed E-state index contributed by atoms with van der Waals surface area (Å²) in [6, 6.07) is 12.3. The van der Waals surface area contributed by atoms with Gasteiger partial charge in [-0.05, 0) is 47.7 Å². The molecule has 1 N–H and O–H groups in total. The molecule has 0 spiro atoms. The normalized spacial score (nSPS) is 14.8. The number of benzene rings is 1. The fourth-order valence-electron chi connectivity index (χ4n) is 3.33. The highest BCUT2D eigenvalue weighted by Crippen LogP contribution is 2.40. The first-order chi connectivity index (χ1) is 14.7. The monoisotopic (exact) mass is 416 g/mol. The van der Waals surface area contributed by atoms with Gasteiger partial charge in [-0.2, -0.15) is 0 Å². The smallest absolute Gasteiger partial charge is 0.194 e. The Morgan fingerprint density at radius 3 is 2.67 bits per heavy atom. The fraction of sp³-hybridized carbons (Fsp3) is 0.0909. The zero-order chi connectivity index (χ0) is 20.5. The highest BCUT2D eigenvalue weighted by atomic mass is 32.2. The molecule has 1 aliphatic rings. The average Bonchev–Trinajstić information content (AvgIpc) is 3.21. The van der Waals surface area contributed by atoms with Crippen molar-refractivity contribution in [3.63, 3.8) is 0 Å². The Morgan fingerprint density at radius 1 is 1.10 bits per heavy atom. The second kappa shape index (κ2) is 7.81. The van der Waals surface area contributed by atoms with Crippen LogP contribution in [0.4, 0.5) is 4.39 Å². The van der Waals surface area contributed by atoms with Crippen molar-refractivity contribution < 1.29 is 4.39 Å². The molecule has 1 aliphatic heterocycles. The topological polar surface area (TPSA) is 68.5 Å². The number of pyridine rings is 2. The van der Waals surface area contributed by atoms with Crippen molar-refractivity contribution in [2.75, 3.05) is 6.54 Å². The maximum Gasteiger partial charge on any atom is 0.194 e. The first-order valence-electron chi connectivity index (χ1n) is 9.38. The van der Waals surface area contributed by atoms with E-state index in [4.69, 9.17) is 10.1 Å². The first kappa shape index (κ1) is 18.7. The minimum absolute atomic E-state index is 0.245. The molecule has 0 saturated carbocycles. The number of hydrogen-bond acceptors (Lipinski definition) is 6. The standard InChI is InChI=1S/C22H17FN6S/c1-2-9-25-20-18-12-16(14-3-5-17(23)6-4-14)13-26-21(18)30-22-27-19(28-29(20)22)15-7-10-24-11-8-15/h2-8,10-13,20,25H,1,9H2/t20-/m1/s1. The summed E-state index contributed by atoms with van der Waals surface area (Å²) in [5.41, 5.74) is 3.71. The summed E-state index contributed by atoms with van der Waals surface area (Å²) in [5, 5.41) is 9.83. The predicted molar refractivity (Wildman–Crippen MR) is 113 cm³/mol. The van der Waals surface area contributed by atoms with Crippen molar-refractivity contribution in [1.29, 1.82) is 0 Å².